The van der Waals surface area contributed by atoms with Crippen LogP contribution >= 0.6 is 22.6 Å². The van der Waals surface area contributed by atoms with Crippen molar-refractivity contribution in [1.82, 2.24) is 0 Å². The molecule has 8 saturated heterocycles. The van der Waals surface area contributed by atoms with Crippen molar-refractivity contribution in [2.24, 2.45) is 47.3 Å². The molecule has 6 aromatic rings. The SMILES string of the molecule is C.C.C.C.C.C=CCO[C@H]1O[C@@H]2COC(c3ccccc3)O[C@@H]2[C@H](C)[C@H]1C.C=CCO[C@H]1O[C@@H]2COC(c3ccccc3)O[C@@H]2[C@H](O)[C@H]1O.C=CCO[C@H]1O[C@H](CO)[C@H](O)[C@H](O)[C@H]1O.C=CCO[C@H]1O[C@H](COCc2ccccc2)C(=O)[C@H](C)[C@H]1C.C=CCO[C@H]1O[C@H](COCc2ccccc2)C(F)(F)[C@H](C)[C@H]1C.C=CCO[C@H]1O[C@H](COCc2ccccc2)[C@H](O)[C@H](C)[C@H]1C.CCC(C)I.COC(OC)c1ccccc1. The number of rotatable bonds is 37. The number of benzene rings is 6. The van der Waals surface area contributed by atoms with Gasteiger partial charge in [0.1, 0.15) is 73.2 Å². The second-order valence-corrected chi connectivity index (χ2v) is 37.7. The molecule has 0 saturated carbocycles. The van der Waals surface area contributed by atoms with Crippen molar-refractivity contribution in [3.8, 4) is 0 Å². The number of carbonyl (C=O) groups excluding carboxylic acids is 1. The third-order valence-corrected chi connectivity index (χ3v) is 26.2. The summed E-state index contributed by atoms with van der Waals surface area (Å²) < 4.78 is 147. The predicted octanol–water partition coefficient (Wildman–Crippen LogP) is 19.2. The van der Waals surface area contributed by atoms with Crippen molar-refractivity contribution < 1.29 is 149 Å². The summed E-state index contributed by atoms with van der Waals surface area (Å²) in [6.45, 7) is 45.4. The molecule has 7 N–H and O–H groups in total. The average Bonchev–Trinajstić information content (AvgIpc) is 0.784. The molecule has 29 nitrogen and oxygen atoms in total. The van der Waals surface area contributed by atoms with E-state index >= 15 is 0 Å². The van der Waals surface area contributed by atoms with E-state index in [4.69, 9.17) is 105 Å². The number of hydrogen-bond acceptors (Lipinski definition) is 29. The molecule has 0 aromatic heterocycles. The van der Waals surface area contributed by atoms with Crippen molar-refractivity contribution in [2.45, 2.75) is 285 Å². The number of ether oxygens (including phenoxy) is 21. The van der Waals surface area contributed by atoms with Gasteiger partial charge in [0.05, 0.1) is 111 Å². The smallest absolute Gasteiger partial charge is 0.279 e. The molecule has 8 heterocycles. The Morgan fingerprint density at radius 3 is 1.17 bits per heavy atom. The Kier molecular flexibility index (Phi) is 68.5. The van der Waals surface area contributed by atoms with Gasteiger partial charge in [-0.25, -0.2) is 8.78 Å². The van der Waals surface area contributed by atoms with E-state index in [2.05, 4.69) is 89.8 Å². The Hall–Kier alpha value is -7.10. The zero-order chi connectivity index (χ0) is 104. The molecule has 0 aliphatic carbocycles. The maximum absolute atomic E-state index is 14.5. The molecule has 147 heavy (non-hydrogen) atoms. The highest BCUT2D eigenvalue weighted by molar-refractivity contribution is 14.1. The minimum atomic E-state index is -2.95. The minimum absolute atomic E-state index is 0. The van der Waals surface area contributed by atoms with Crippen LogP contribution in [-0.2, 0) is 124 Å². The van der Waals surface area contributed by atoms with Crippen molar-refractivity contribution in [3.63, 3.8) is 0 Å². The number of hydrogen-bond donors (Lipinski definition) is 7. The lowest BCUT2D eigenvalue weighted by Gasteiger charge is -2.47. The average molecular weight is 2190 g/mol. The monoisotopic (exact) mass is 2190 g/mol. The standard InChI is InChI=1S/C18H24F2O3.C18H24O4.C18H26O4.C18H24O4.C16H20O6.C9H16O6.C9H12O2.C4H9I.5CH4/c1-4-10-22-17-13(2)14(3)18(19,20)16(23-17)12-21-11-15-8-6-5-7-9-15;1-4-10-19-17-13(3)12(2)16-15(21-17)11-20-18(22-16)14-8-6-5-7-9-14;2*1-4-10-21-18-14(3)13(2)17(19)16(22-18)12-20-11-15-8-6-5-7-9-15;1-2-8-19-16-13(18)12(17)14-11(21-16)9-20-15(22-14)10-6-4-3-5-7-10;1-2-3-14-9-8(13)7(12)6(11)5(4-10)15-9;1-10-9(11-2)8-6-4-3-5-7-8;1-3-4(2)5;;;;;/h4-9,13-14,16-17H,1,10-12H2,2-3H3;4-9,12-13,15-18H,1,10-11H2,2-3H3;4-9,13-14,16-19H,1,10-12H2,2-3H3;4-9,13-14,16,18H,1,10-12H2,2-3H3;2-7,11-18H,1,8-9H2;2,5-13H,1,3-4H2;3-7,9H,1-2H3;4H,3H2,1-2H3;5*1H4/t13-,14-,16-,17+;12-,13-,15-,16-,17+,18?;13-,14-,16-,17-,18+;13-,14-,16-,18+;11-,12-,13-,14+,15?,16+;5-,6+,7+,8-,9+;;;;;;;/m111111......./s1. The second kappa shape index (κ2) is 74.0. The molecular formula is C115H175F2IO29. The van der Waals surface area contributed by atoms with Gasteiger partial charge in [0, 0.05) is 70.3 Å². The van der Waals surface area contributed by atoms with Crippen LogP contribution in [0.5, 0.6) is 0 Å². The molecule has 8 aliphatic heterocycles. The zero-order valence-electron chi connectivity index (χ0n) is 84.1. The molecule has 32 heteroatoms. The van der Waals surface area contributed by atoms with Gasteiger partial charge < -0.3 is 135 Å². The molecule has 31 atom stereocenters. The predicted molar refractivity (Wildman–Crippen MR) is 574 cm³/mol. The highest BCUT2D eigenvalue weighted by Crippen LogP contribution is 2.44. The summed E-state index contributed by atoms with van der Waals surface area (Å²) in [7, 11) is 3.25. The number of ketones is 1. The molecule has 0 amide bonds. The van der Waals surface area contributed by atoms with E-state index in [1.54, 1.807) is 51.5 Å². The lowest BCUT2D eigenvalue weighted by molar-refractivity contribution is -0.360. The van der Waals surface area contributed by atoms with E-state index in [0.29, 0.717) is 52.2 Å². The lowest BCUT2D eigenvalue weighted by Crippen LogP contribution is -2.62. The summed E-state index contributed by atoms with van der Waals surface area (Å²) in [6, 6.07) is 58.6. The molecule has 14 rings (SSSR count). The van der Waals surface area contributed by atoms with Gasteiger partial charge in [-0.1, -0.05) is 347 Å². The summed E-state index contributed by atoms with van der Waals surface area (Å²) in [6.07, 6.45) is -5.09. The number of carbonyl (C=O) groups is 1. The number of aliphatic hydroxyl groups is 7. The van der Waals surface area contributed by atoms with E-state index < -0.39 is 123 Å². The Morgan fingerprint density at radius 1 is 0.401 bits per heavy atom. The van der Waals surface area contributed by atoms with Crippen LogP contribution in [0.2, 0.25) is 0 Å². The Morgan fingerprint density at radius 2 is 0.748 bits per heavy atom. The van der Waals surface area contributed by atoms with E-state index in [1.807, 2.05) is 210 Å². The molecule has 8 aliphatic rings. The molecule has 3 unspecified atom stereocenters. The largest absolute Gasteiger partial charge is 0.394 e. The summed E-state index contributed by atoms with van der Waals surface area (Å²) >= 11 is 2.41. The molecule has 830 valence electrons. The number of Topliss-reactive ketones (excluding diaryl/α,β-unsaturated/α-hetero) is 1. The van der Waals surface area contributed by atoms with Crippen molar-refractivity contribution >= 4 is 28.4 Å². The van der Waals surface area contributed by atoms with Gasteiger partial charge in [-0.3, -0.25) is 4.79 Å². The first-order chi connectivity index (χ1) is 68.4. The fourth-order valence-electron chi connectivity index (χ4n) is 15.8. The van der Waals surface area contributed by atoms with Crippen molar-refractivity contribution in [3.05, 3.63) is 291 Å². The lowest BCUT2D eigenvalue weighted by atomic mass is 9.84. The van der Waals surface area contributed by atoms with Crippen LogP contribution in [0.3, 0.4) is 0 Å². The topological polar surface area (TPSA) is 353 Å². The van der Waals surface area contributed by atoms with E-state index in [0.717, 1.165) is 37.3 Å². The quantitative estimate of drug-likeness (QED) is 0.00824. The number of alkyl halides is 3. The molecule has 8 fully saturated rings. The fraction of sp³-hybridized carbons (Fsp3) is 0.574. The molecule has 0 radical (unpaired) electrons. The van der Waals surface area contributed by atoms with Crippen LogP contribution in [0, 0.1) is 47.3 Å². The molecular weight excluding hydrogens is 2010 g/mol. The maximum Gasteiger partial charge on any atom is 0.279 e. The number of aliphatic hydroxyl groups excluding tert-OH is 7. The van der Waals surface area contributed by atoms with E-state index in [9.17, 15) is 44.2 Å². The molecule has 0 spiro atoms. The van der Waals surface area contributed by atoms with Gasteiger partial charge in [-0.05, 0) is 34.9 Å². The third-order valence-electron chi connectivity index (χ3n) is 25.3. The highest BCUT2D eigenvalue weighted by Gasteiger charge is 2.56. The first-order valence-corrected chi connectivity index (χ1v) is 49.8. The summed E-state index contributed by atoms with van der Waals surface area (Å²) in [5, 5.41) is 67.9. The van der Waals surface area contributed by atoms with Crippen molar-refractivity contribution in [1.29, 1.82) is 0 Å². The van der Waals surface area contributed by atoms with Crippen LogP contribution in [0.1, 0.15) is 165 Å². The van der Waals surface area contributed by atoms with Crippen LogP contribution in [-0.4, -0.2) is 268 Å². The van der Waals surface area contributed by atoms with Gasteiger partial charge in [0.25, 0.3) is 5.92 Å². The number of methoxy groups -OCH3 is 2. The summed E-state index contributed by atoms with van der Waals surface area (Å²) in [5.74, 6) is -3.39. The summed E-state index contributed by atoms with van der Waals surface area (Å²) in [4.78, 5) is 12.3. The van der Waals surface area contributed by atoms with Crippen LogP contribution in [0.25, 0.3) is 0 Å². The van der Waals surface area contributed by atoms with E-state index in [1.165, 1.54) is 19.4 Å². The Bertz CT molecular complexity index is 4280. The minimum Gasteiger partial charge on any atom is -0.394 e. The highest BCUT2D eigenvalue weighted by atomic mass is 127. The summed E-state index contributed by atoms with van der Waals surface area (Å²) in [5.41, 5.74) is 6.06. The van der Waals surface area contributed by atoms with Crippen molar-refractivity contribution in [2.75, 3.05) is 93.5 Å². The van der Waals surface area contributed by atoms with Gasteiger partial charge in [-0.2, -0.15) is 0 Å². The first kappa shape index (κ1) is 136. The fourth-order valence-corrected chi connectivity index (χ4v) is 15.8. The van der Waals surface area contributed by atoms with Gasteiger partial charge in [0.15, 0.2) is 62.4 Å². The van der Waals surface area contributed by atoms with E-state index in [-0.39, 0.29) is 162 Å². The number of fused-ring (bicyclic) bond motifs is 2. The Balaban J connectivity index is 0.000000576. The zero-order valence-corrected chi connectivity index (χ0v) is 86.2. The maximum atomic E-state index is 14.5. The van der Waals surface area contributed by atoms with Crippen LogP contribution in [0.4, 0.5) is 8.78 Å². The normalized spacial score (nSPS) is 30.7. The first-order valence-electron chi connectivity index (χ1n) is 48.5. The second-order valence-electron chi connectivity index (χ2n) is 35.6. The van der Waals surface area contributed by atoms with Gasteiger partial charge in [-0.15, -0.1) is 39.5 Å². The van der Waals surface area contributed by atoms with Gasteiger partial charge >= 0.3 is 0 Å². The van der Waals surface area contributed by atoms with Crippen LogP contribution < -0.4 is 0 Å². The molecule has 0 bridgehead atoms. The van der Waals surface area contributed by atoms with Crippen LogP contribution in [0.15, 0.2) is 258 Å². The third kappa shape index (κ3) is 43.4. The number of halogens is 3. The Labute approximate surface area is 888 Å². The van der Waals surface area contributed by atoms with Gasteiger partial charge in [0.2, 0.25) is 0 Å². The molecule has 6 aromatic carbocycles.